The van der Waals surface area contributed by atoms with Gasteiger partial charge in [0.1, 0.15) is 11.5 Å². The zero-order chi connectivity index (χ0) is 20.4. The quantitative estimate of drug-likeness (QED) is 0.677. The van der Waals surface area contributed by atoms with Crippen molar-refractivity contribution in [3.8, 4) is 11.5 Å². The van der Waals surface area contributed by atoms with Gasteiger partial charge in [0, 0.05) is 31.6 Å². The van der Waals surface area contributed by atoms with E-state index in [1.165, 1.54) is 12.1 Å². The van der Waals surface area contributed by atoms with Crippen LogP contribution in [0.2, 0.25) is 0 Å². The minimum Gasteiger partial charge on any atom is -0.507 e. The Morgan fingerprint density at radius 2 is 1.55 bits per heavy atom. The third kappa shape index (κ3) is 4.31. The fourth-order valence-electron chi connectivity index (χ4n) is 3.92. The number of piperazine rings is 1. The van der Waals surface area contributed by atoms with Crippen molar-refractivity contribution < 1.29 is 23.0 Å². The summed E-state index contributed by atoms with van der Waals surface area (Å²) in [6.45, 7) is 3.28. The Bertz CT molecular complexity index is 984. The zero-order valence-corrected chi connectivity index (χ0v) is 15.6. The van der Waals surface area contributed by atoms with Gasteiger partial charge in [0.2, 0.25) is 0 Å². The number of rotatable bonds is 4. The maximum Gasteiger partial charge on any atom is 0.573 e. The summed E-state index contributed by atoms with van der Waals surface area (Å²) in [7, 11) is 0. The van der Waals surface area contributed by atoms with Gasteiger partial charge in [-0.25, -0.2) is 0 Å². The monoisotopic (exact) mass is 402 g/mol. The van der Waals surface area contributed by atoms with Crippen LogP contribution in [-0.4, -0.2) is 42.5 Å². The minimum absolute atomic E-state index is 0.150. The standard InChI is InChI=1S/C22H21F3N2O2/c23-22(24,25)29-16-7-5-15(6-8-16)21(27-13-11-26-12-14-27)19-9-10-20(28)18-4-2-1-3-17(18)19/h1-10,21,26,28H,11-14H2/t21-/m0/s1. The molecule has 0 bridgehead atoms. The molecular weight excluding hydrogens is 381 g/mol. The van der Waals surface area contributed by atoms with Crippen LogP contribution in [0.5, 0.6) is 11.5 Å². The number of hydrogen-bond donors (Lipinski definition) is 2. The largest absolute Gasteiger partial charge is 0.573 e. The smallest absolute Gasteiger partial charge is 0.507 e. The van der Waals surface area contributed by atoms with Crippen LogP contribution in [0.3, 0.4) is 0 Å². The van der Waals surface area contributed by atoms with Crippen molar-refractivity contribution in [2.75, 3.05) is 26.2 Å². The second kappa shape index (κ2) is 7.93. The van der Waals surface area contributed by atoms with Crippen LogP contribution < -0.4 is 10.1 Å². The highest BCUT2D eigenvalue weighted by atomic mass is 19.4. The van der Waals surface area contributed by atoms with Crippen molar-refractivity contribution in [1.82, 2.24) is 10.2 Å². The van der Waals surface area contributed by atoms with Gasteiger partial charge in [0.05, 0.1) is 6.04 Å². The summed E-state index contributed by atoms with van der Waals surface area (Å²) in [4.78, 5) is 2.30. The van der Waals surface area contributed by atoms with Gasteiger partial charge < -0.3 is 15.2 Å². The van der Waals surface area contributed by atoms with E-state index in [-0.39, 0.29) is 17.5 Å². The Morgan fingerprint density at radius 1 is 0.897 bits per heavy atom. The number of fused-ring (bicyclic) bond motifs is 1. The van der Waals surface area contributed by atoms with Crippen LogP contribution in [-0.2, 0) is 0 Å². The SMILES string of the molecule is Oc1ccc([C@H](c2ccc(OC(F)(F)F)cc2)N2CCNCC2)c2ccccc12. The second-order valence-electron chi connectivity index (χ2n) is 7.02. The fourth-order valence-corrected chi connectivity index (χ4v) is 3.92. The molecule has 4 nitrogen and oxygen atoms in total. The number of phenolic OH excluding ortho intramolecular Hbond substituents is 1. The molecule has 1 fully saturated rings. The summed E-state index contributed by atoms with van der Waals surface area (Å²) in [5.74, 6) is -0.0341. The Labute approximate surface area is 166 Å². The molecule has 29 heavy (non-hydrogen) atoms. The first-order valence-corrected chi connectivity index (χ1v) is 9.43. The van der Waals surface area contributed by atoms with Gasteiger partial charge >= 0.3 is 6.36 Å². The van der Waals surface area contributed by atoms with Gasteiger partial charge in [0.15, 0.2) is 0 Å². The van der Waals surface area contributed by atoms with Crippen molar-refractivity contribution in [2.45, 2.75) is 12.4 Å². The predicted molar refractivity (Wildman–Crippen MR) is 105 cm³/mol. The van der Waals surface area contributed by atoms with E-state index in [4.69, 9.17) is 0 Å². The normalized spacial score (nSPS) is 16.7. The number of aromatic hydroxyl groups is 1. The highest BCUT2D eigenvalue weighted by molar-refractivity contribution is 5.91. The Kier molecular flexibility index (Phi) is 5.34. The average Bonchev–Trinajstić information content (AvgIpc) is 2.71. The van der Waals surface area contributed by atoms with Gasteiger partial charge in [-0.15, -0.1) is 13.2 Å². The number of alkyl halides is 3. The molecule has 0 unspecified atom stereocenters. The molecule has 4 rings (SSSR count). The van der Waals surface area contributed by atoms with Crippen molar-refractivity contribution in [2.24, 2.45) is 0 Å². The second-order valence-corrected chi connectivity index (χ2v) is 7.02. The zero-order valence-electron chi connectivity index (χ0n) is 15.6. The van der Waals surface area contributed by atoms with Crippen LogP contribution in [0, 0.1) is 0 Å². The molecule has 1 heterocycles. The maximum absolute atomic E-state index is 12.5. The molecule has 0 amide bonds. The summed E-state index contributed by atoms with van der Waals surface area (Å²) in [5.41, 5.74) is 1.88. The minimum atomic E-state index is -4.72. The van der Waals surface area contributed by atoms with Crippen LogP contribution in [0.25, 0.3) is 10.8 Å². The third-order valence-electron chi connectivity index (χ3n) is 5.18. The lowest BCUT2D eigenvalue weighted by Gasteiger charge is -2.36. The van der Waals surface area contributed by atoms with E-state index in [1.807, 2.05) is 30.3 Å². The van der Waals surface area contributed by atoms with E-state index in [0.717, 1.165) is 48.1 Å². The fraction of sp³-hybridized carbons (Fsp3) is 0.273. The third-order valence-corrected chi connectivity index (χ3v) is 5.18. The predicted octanol–water partition coefficient (Wildman–Crippen LogP) is 4.44. The molecule has 152 valence electrons. The number of halogens is 3. The molecule has 1 aliphatic rings. The summed E-state index contributed by atoms with van der Waals surface area (Å²) >= 11 is 0. The number of hydrogen-bond acceptors (Lipinski definition) is 4. The molecule has 0 saturated carbocycles. The molecule has 1 aliphatic heterocycles. The molecule has 0 aromatic heterocycles. The average molecular weight is 402 g/mol. The first kappa shape index (κ1) is 19.5. The number of nitrogens with zero attached hydrogens (tertiary/aromatic N) is 1. The summed E-state index contributed by atoms with van der Waals surface area (Å²) < 4.78 is 41.5. The van der Waals surface area contributed by atoms with E-state index in [9.17, 15) is 18.3 Å². The van der Waals surface area contributed by atoms with E-state index < -0.39 is 6.36 Å². The molecule has 1 atom stereocenters. The molecule has 3 aromatic carbocycles. The lowest BCUT2D eigenvalue weighted by atomic mass is 9.91. The van der Waals surface area contributed by atoms with E-state index in [1.54, 1.807) is 18.2 Å². The molecular formula is C22H21F3N2O2. The number of nitrogens with one attached hydrogen (secondary N) is 1. The van der Waals surface area contributed by atoms with Gasteiger partial charge in [-0.05, 0) is 34.7 Å². The summed E-state index contributed by atoms with van der Waals surface area (Å²) in [6, 6.07) is 17.1. The highest BCUT2D eigenvalue weighted by Gasteiger charge is 2.31. The molecule has 7 heteroatoms. The number of phenols is 1. The van der Waals surface area contributed by atoms with Gasteiger partial charge in [-0.2, -0.15) is 0 Å². The number of benzene rings is 3. The van der Waals surface area contributed by atoms with E-state index in [0.29, 0.717) is 0 Å². The van der Waals surface area contributed by atoms with Gasteiger partial charge in [-0.1, -0.05) is 42.5 Å². The van der Waals surface area contributed by atoms with Crippen LogP contribution in [0.4, 0.5) is 13.2 Å². The highest BCUT2D eigenvalue weighted by Crippen LogP contribution is 2.37. The summed E-state index contributed by atoms with van der Waals surface area (Å²) in [5, 5.41) is 15.3. The van der Waals surface area contributed by atoms with E-state index >= 15 is 0 Å². The topological polar surface area (TPSA) is 44.7 Å². The maximum atomic E-state index is 12.5. The molecule has 0 aliphatic carbocycles. The van der Waals surface area contributed by atoms with Crippen LogP contribution in [0.1, 0.15) is 17.2 Å². The first-order valence-electron chi connectivity index (χ1n) is 9.43. The first-order chi connectivity index (χ1) is 13.9. The molecule has 0 radical (unpaired) electrons. The lowest BCUT2D eigenvalue weighted by Crippen LogP contribution is -2.45. The van der Waals surface area contributed by atoms with Gasteiger partial charge in [0.25, 0.3) is 0 Å². The Morgan fingerprint density at radius 3 is 2.21 bits per heavy atom. The van der Waals surface area contributed by atoms with Crippen LogP contribution in [0.15, 0.2) is 60.7 Å². The lowest BCUT2D eigenvalue weighted by molar-refractivity contribution is -0.274. The van der Waals surface area contributed by atoms with Crippen molar-refractivity contribution in [3.63, 3.8) is 0 Å². The summed E-state index contributed by atoms with van der Waals surface area (Å²) in [6.07, 6.45) is -4.72. The van der Waals surface area contributed by atoms with Crippen molar-refractivity contribution in [3.05, 3.63) is 71.8 Å². The molecule has 3 aromatic rings. The Balaban J connectivity index is 1.78. The van der Waals surface area contributed by atoms with Gasteiger partial charge in [-0.3, -0.25) is 4.90 Å². The number of ether oxygens (including phenoxy) is 1. The molecule has 1 saturated heterocycles. The molecule has 0 spiro atoms. The van der Waals surface area contributed by atoms with Crippen molar-refractivity contribution in [1.29, 1.82) is 0 Å². The Hall–Kier alpha value is -2.77. The van der Waals surface area contributed by atoms with Crippen LogP contribution >= 0.6 is 0 Å². The molecule has 2 N–H and O–H groups in total. The van der Waals surface area contributed by atoms with E-state index in [2.05, 4.69) is 15.0 Å². The van der Waals surface area contributed by atoms with Crippen molar-refractivity contribution >= 4 is 10.8 Å².